The monoisotopic (exact) mass is 376 g/mol. The first-order valence-corrected chi connectivity index (χ1v) is 9.27. The van der Waals surface area contributed by atoms with Crippen LogP contribution in [-0.2, 0) is 16.1 Å². The van der Waals surface area contributed by atoms with Gasteiger partial charge in [0.1, 0.15) is 5.82 Å². The molecule has 0 aliphatic rings. The van der Waals surface area contributed by atoms with Crippen LogP contribution in [0.4, 0.5) is 5.69 Å². The van der Waals surface area contributed by atoms with Gasteiger partial charge in [-0.3, -0.25) is 9.59 Å². The van der Waals surface area contributed by atoms with Crippen molar-refractivity contribution < 1.29 is 14.3 Å². The number of amides is 1. The Labute approximate surface area is 157 Å². The number of nitrogens with zero attached hydrogens (tertiary/aromatic N) is 3. The number of benzene rings is 1. The number of Topliss-reactive ketones (excluding diaryl/α,β-unsaturated/α-hetero) is 1. The number of rotatable bonds is 9. The van der Waals surface area contributed by atoms with Crippen molar-refractivity contribution in [3.8, 4) is 0 Å². The van der Waals surface area contributed by atoms with Gasteiger partial charge in [0, 0.05) is 31.5 Å². The first-order valence-electron chi connectivity index (χ1n) is 8.39. The summed E-state index contributed by atoms with van der Waals surface area (Å²) < 4.78 is 7.08. The van der Waals surface area contributed by atoms with E-state index in [1.165, 1.54) is 18.7 Å². The molecule has 140 valence electrons. The summed E-state index contributed by atoms with van der Waals surface area (Å²) in [6.45, 7) is 6.64. The van der Waals surface area contributed by atoms with Crippen molar-refractivity contribution in [3.63, 3.8) is 0 Å². The molecule has 2 rings (SSSR count). The Kier molecular flexibility index (Phi) is 7.35. The SMILES string of the molecule is COCCCn1c(C)nnc1S[C@H](C)C(=O)Nc1ccc(C(C)=O)cc1. The third-order valence-electron chi connectivity index (χ3n) is 3.84. The summed E-state index contributed by atoms with van der Waals surface area (Å²) in [6, 6.07) is 6.85. The molecule has 1 heterocycles. The number of ketones is 1. The number of hydrogen-bond acceptors (Lipinski definition) is 6. The van der Waals surface area contributed by atoms with Crippen molar-refractivity contribution in [2.45, 2.75) is 44.1 Å². The number of anilines is 1. The molecule has 0 radical (unpaired) electrons. The maximum absolute atomic E-state index is 12.4. The first-order chi connectivity index (χ1) is 12.4. The Balaban J connectivity index is 1.97. The summed E-state index contributed by atoms with van der Waals surface area (Å²) >= 11 is 1.37. The molecule has 2 aromatic rings. The van der Waals surface area contributed by atoms with Crippen LogP contribution in [0, 0.1) is 6.92 Å². The number of methoxy groups -OCH3 is 1. The molecule has 0 saturated heterocycles. The van der Waals surface area contributed by atoms with E-state index < -0.39 is 0 Å². The summed E-state index contributed by atoms with van der Waals surface area (Å²) in [4.78, 5) is 23.7. The number of ether oxygens (including phenoxy) is 1. The molecule has 0 unspecified atom stereocenters. The van der Waals surface area contributed by atoms with E-state index in [0.717, 1.165) is 18.8 Å². The van der Waals surface area contributed by atoms with Crippen LogP contribution in [0.5, 0.6) is 0 Å². The average Bonchev–Trinajstić information content (AvgIpc) is 2.95. The number of aromatic nitrogens is 3. The van der Waals surface area contributed by atoms with Crippen LogP contribution in [0.15, 0.2) is 29.4 Å². The number of hydrogen-bond donors (Lipinski definition) is 1. The Bertz CT molecular complexity index is 758. The van der Waals surface area contributed by atoms with E-state index in [1.54, 1.807) is 31.4 Å². The smallest absolute Gasteiger partial charge is 0.237 e. The Morgan fingerprint density at radius 2 is 1.96 bits per heavy atom. The summed E-state index contributed by atoms with van der Waals surface area (Å²) in [5, 5.41) is 11.5. The second-order valence-electron chi connectivity index (χ2n) is 5.91. The molecule has 1 N–H and O–H groups in total. The van der Waals surface area contributed by atoms with E-state index in [1.807, 2.05) is 18.4 Å². The summed E-state index contributed by atoms with van der Waals surface area (Å²) in [7, 11) is 1.67. The highest BCUT2D eigenvalue weighted by molar-refractivity contribution is 8.00. The van der Waals surface area contributed by atoms with Gasteiger partial charge in [0.2, 0.25) is 5.91 Å². The number of aryl methyl sites for hydroxylation is 1. The lowest BCUT2D eigenvalue weighted by Gasteiger charge is -2.13. The normalized spacial score (nSPS) is 12.0. The van der Waals surface area contributed by atoms with Gasteiger partial charge < -0.3 is 14.6 Å². The van der Waals surface area contributed by atoms with Gasteiger partial charge in [-0.05, 0) is 51.5 Å². The fourth-order valence-electron chi connectivity index (χ4n) is 2.32. The minimum Gasteiger partial charge on any atom is -0.385 e. The van der Waals surface area contributed by atoms with Crippen LogP contribution in [-0.4, -0.2) is 45.4 Å². The minimum absolute atomic E-state index is 0.00465. The number of carbonyl (C=O) groups is 2. The third kappa shape index (κ3) is 5.40. The molecule has 0 saturated carbocycles. The van der Waals surface area contributed by atoms with Gasteiger partial charge in [0.25, 0.3) is 0 Å². The molecule has 8 heteroatoms. The molecular formula is C18H24N4O3S. The largest absolute Gasteiger partial charge is 0.385 e. The Hall–Kier alpha value is -2.19. The molecule has 1 atom stereocenters. The van der Waals surface area contributed by atoms with Gasteiger partial charge >= 0.3 is 0 Å². The lowest BCUT2D eigenvalue weighted by atomic mass is 10.1. The maximum Gasteiger partial charge on any atom is 0.237 e. The van der Waals surface area contributed by atoms with Crippen LogP contribution < -0.4 is 5.32 Å². The third-order valence-corrected chi connectivity index (χ3v) is 4.92. The van der Waals surface area contributed by atoms with Crippen LogP contribution in [0.2, 0.25) is 0 Å². The minimum atomic E-state index is -0.341. The van der Waals surface area contributed by atoms with Gasteiger partial charge in [-0.1, -0.05) is 11.8 Å². The molecule has 0 fully saturated rings. The van der Waals surface area contributed by atoms with E-state index in [9.17, 15) is 9.59 Å². The fraction of sp³-hybridized carbons (Fsp3) is 0.444. The lowest BCUT2D eigenvalue weighted by molar-refractivity contribution is -0.115. The number of carbonyl (C=O) groups excluding carboxylic acids is 2. The number of nitrogens with one attached hydrogen (secondary N) is 1. The van der Waals surface area contributed by atoms with Crippen molar-refractivity contribution in [2.24, 2.45) is 0 Å². The molecule has 1 aromatic carbocycles. The van der Waals surface area contributed by atoms with Gasteiger partial charge in [0.15, 0.2) is 10.9 Å². The lowest BCUT2D eigenvalue weighted by Crippen LogP contribution is -2.23. The highest BCUT2D eigenvalue weighted by Gasteiger charge is 2.19. The van der Waals surface area contributed by atoms with E-state index in [0.29, 0.717) is 23.0 Å². The molecule has 26 heavy (non-hydrogen) atoms. The van der Waals surface area contributed by atoms with E-state index in [4.69, 9.17) is 4.74 Å². The first kappa shape index (κ1) is 20.1. The van der Waals surface area contributed by atoms with Gasteiger partial charge in [-0.2, -0.15) is 0 Å². The zero-order chi connectivity index (χ0) is 19.1. The van der Waals surface area contributed by atoms with Crippen molar-refractivity contribution >= 4 is 29.1 Å². The summed E-state index contributed by atoms with van der Waals surface area (Å²) in [5.74, 6) is 0.681. The Morgan fingerprint density at radius 1 is 1.27 bits per heavy atom. The molecule has 0 aliphatic heterocycles. The Morgan fingerprint density at radius 3 is 2.58 bits per heavy atom. The highest BCUT2D eigenvalue weighted by Crippen LogP contribution is 2.23. The second kappa shape index (κ2) is 9.49. The second-order valence-corrected chi connectivity index (χ2v) is 7.22. The van der Waals surface area contributed by atoms with Crippen molar-refractivity contribution in [2.75, 3.05) is 19.0 Å². The van der Waals surface area contributed by atoms with Crippen molar-refractivity contribution in [3.05, 3.63) is 35.7 Å². The van der Waals surface area contributed by atoms with Gasteiger partial charge in [0.05, 0.1) is 5.25 Å². The van der Waals surface area contributed by atoms with Crippen LogP contribution in [0.1, 0.15) is 36.5 Å². The summed E-state index contributed by atoms with van der Waals surface area (Å²) in [5.41, 5.74) is 1.27. The van der Waals surface area contributed by atoms with Gasteiger partial charge in [-0.15, -0.1) is 10.2 Å². The standard InChI is InChI=1S/C18H24N4O3S/c1-12(23)15-6-8-16(9-7-15)19-17(24)13(2)26-18-21-20-14(3)22(18)10-5-11-25-4/h6-9,13H,5,10-11H2,1-4H3,(H,19,24)/t13-/m1/s1. The topological polar surface area (TPSA) is 86.1 Å². The predicted molar refractivity (Wildman–Crippen MR) is 102 cm³/mol. The van der Waals surface area contributed by atoms with Gasteiger partial charge in [-0.25, -0.2) is 0 Å². The summed E-state index contributed by atoms with van der Waals surface area (Å²) in [6.07, 6.45) is 0.853. The molecule has 1 aromatic heterocycles. The zero-order valence-corrected chi connectivity index (χ0v) is 16.3. The molecule has 0 aliphatic carbocycles. The zero-order valence-electron chi connectivity index (χ0n) is 15.5. The number of thioether (sulfide) groups is 1. The fourth-order valence-corrected chi connectivity index (χ4v) is 3.24. The predicted octanol–water partition coefficient (Wildman–Crippen LogP) is 2.94. The van der Waals surface area contributed by atoms with Crippen molar-refractivity contribution in [1.29, 1.82) is 0 Å². The van der Waals surface area contributed by atoms with Crippen LogP contribution in [0.25, 0.3) is 0 Å². The maximum atomic E-state index is 12.4. The molecule has 0 bridgehead atoms. The van der Waals surface area contributed by atoms with Crippen molar-refractivity contribution in [1.82, 2.24) is 14.8 Å². The molecule has 0 spiro atoms. The van der Waals surface area contributed by atoms with Crippen LogP contribution in [0.3, 0.4) is 0 Å². The molecular weight excluding hydrogens is 352 g/mol. The van der Waals surface area contributed by atoms with Crippen LogP contribution >= 0.6 is 11.8 Å². The van der Waals surface area contributed by atoms with E-state index in [-0.39, 0.29) is 16.9 Å². The molecule has 7 nitrogen and oxygen atoms in total. The average molecular weight is 376 g/mol. The van der Waals surface area contributed by atoms with E-state index >= 15 is 0 Å². The van der Waals surface area contributed by atoms with E-state index in [2.05, 4.69) is 15.5 Å². The molecule has 1 amide bonds. The quantitative estimate of drug-likeness (QED) is 0.411. The highest BCUT2D eigenvalue weighted by atomic mass is 32.2.